The molecule has 0 atom stereocenters. The highest BCUT2D eigenvalue weighted by atomic mass is 35.5. The van der Waals surface area contributed by atoms with Crippen molar-refractivity contribution in [1.29, 1.82) is 0 Å². The number of aromatic hydroxyl groups is 1. The molecule has 0 bridgehead atoms. The Hall–Kier alpha value is -1.86. The largest absolute Gasteiger partial charge is 0.506 e. The molecule has 1 aliphatic rings. The molecule has 0 saturated carbocycles. The van der Waals surface area contributed by atoms with Crippen LogP contribution < -0.4 is 4.90 Å². The molecule has 0 amide bonds. The standard InChI is InChI=1S/C12H12ClFN4O2/c13-8-5-7(9(14)6-10(8)19)11-15-12(17-16-11)18-1-3-20-4-2-18/h5-6,19H,1-4H2,(H,15,16,17). The van der Waals surface area contributed by atoms with E-state index >= 15 is 0 Å². The van der Waals surface area contributed by atoms with Crippen LogP contribution >= 0.6 is 11.6 Å². The van der Waals surface area contributed by atoms with Crippen molar-refractivity contribution in [2.24, 2.45) is 0 Å². The minimum absolute atomic E-state index is 0.0609. The quantitative estimate of drug-likeness (QED) is 0.884. The van der Waals surface area contributed by atoms with Gasteiger partial charge >= 0.3 is 0 Å². The van der Waals surface area contributed by atoms with Crippen LogP contribution in [0.4, 0.5) is 10.3 Å². The highest BCUT2D eigenvalue weighted by molar-refractivity contribution is 6.32. The van der Waals surface area contributed by atoms with Gasteiger partial charge in [0.05, 0.1) is 23.8 Å². The molecule has 6 nitrogen and oxygen atoms in total. The molecule has 0 aliphatic carbocycles. The Bertz CT molecular complexity index is 628. The average molecular weight is 299 g/mol. The predicted octanol–water partition coefficient (Wildman–Crippen LogP) is 1.81. The van der Waals surface area contributed by atoms with E-state index in [1.54, 1.807) is 0 Å². The van der Waals surface area contributed by atoms with Crippen LogP contribution in [0.5, 0.6) is 5.75 Å². The molecular formula is C12H12ClFN4O2. The summed E-state index contributed by atoms with van der Waals surface area (Å²) in [6, 6.07) is 2.27. The molecule has 2 N–H and O–H groups in total. The number of rotatable bonds is 2. The van der Waals surface area contributed by atoms with Crippen LogP contribution in [0.15, 0.2) is 12.1 Å². The minimum atomic E-state index is -0.614. The Labute approximate surface area is 119 Å². The second kappa shape index (κ2) is 5.26. The van der Waals surface area contributed by atoms with Crippen LogP contribution in [-0.4, -0.2) is 46.6 Å². The fourth-order valence-corrected chi connectivity index (χ4v) is 2.16. The molecule has 0 radical (unpaired) electrons. The van der Waals surface area contributed by atoms with E-state index in [-0.39, 0.29) is 22.2 Å². The van der Waals surface area contributed by atoms with E-state index in [1.807, 2.05) is 4.90 Å². The van der Waals surface area contributed by atoms with Gasteiger partial charge in [0.25, 0.3) is 0 Å². The van der Waals surface area contributed by atoms with Gasteiger partial charge in [-0.05, 0) is 6.07 Å². The first-order valence-corrected chi connectivity index (χ1v) is 6.46. The molecule has 1 aliphatic heterocycles. The maximum Gasteiger partial charge on any atom is 0.245 e. The number of benzene rings is 1. The van der Waals surface area contributed by atoms with E-state index in [2.05, 4.69) is 15.2 Å². The van der Waals surface area contributed by atoms with Crippen LogP contribution in [0.3, 0.4) is 0 Å². The lowest BCUT2D eigenvalue weighted by atomic mass is 10.2. The molecule has 2 heterocycles. The first-order valence-electron chi connectivity index (χ1n) is 6.08. The van der Waals surface area contributed by atoms with Crippen molar-refractivity contribution in [3.05, 3.63) is 23.0 Å². The zero-order valence-corrected chi connectivity index (χ0v) is 11.2. The number of ether oxygens (including phenoxy) is 1. The monoisotopic (exact) mass is 298 g/mol. The van der Waals surface area contributed by atoms with Gasteiger partial charge in [0, 0.05) is 19.2 Å². The number of nitrogens with zero attached hydrogens (tertiary/aromatic N) is 3. The van der Waals surface area contributed by atoms with Crippen LogP contribution in [0.2, 0.25) is 5.02 Å². The molecule has 0 spiro atoms. The van der Waals surface area contributed by atoms with Crippen LogP contribution in [-0.2, 0) is 4.74 Å². The maximum absolute atomic E-state index is 13.8. The lowest BCUT2D eigenvalue weighted by Gasteiger charge is -2.25. The molecule has 0 unspecified atom stereocenters. The average Bonchev–Trinajstić information content (AvgIpc) is 2.93. The number of morpholine rings is 1. The highest BCUT2D eigenvalue weighted by Crippen LogP contribution is 2.31. The van der Waals surface area contributed by atoms with Gasteiger partial charge in [0.2, 0.25) is 5.95 Å². The number of phenolic OH excluding ortho intramolecular Hbond substituents is 1. The van der Waals surface area contributed by atoms with Crippen molar-refractivity contribution in [1.82, 2.24) is 15.2 Å². The Balaban J connectivity index is 1.91. The Kier molecular flexibility index (Phi) is 3.45. The molecule has 1 aromatic carbocycles. The van der Waals surface area contributed by atoms with Crippen molar-refractivity contribution in [3.63, 3.8) is 0 Å². The summed E-state index contributed by atoms with van der Waals surface area (Å²) in [5, 5.41) is 16.2. The maximum atomic E-state index is 13.8. The number of anilines is 1. The van der Waals surface area contributed by atoms with Gasteiger partial charge < -0.3 is 14.7 Å². The lowest BCUT2D eigenvalue weighted by molar-refractivity contribution is 0.122. The summed E-state index contributed by atoms with van der Waals surface area (Å²) in [4.78, 5) is 6.21. The number of phenols is 1. The predicted molar refractivity (Wildman–Crippen MR) is 71.5 cm³/mol. The van der Waals surface area contributed by atoms with Crippen LogP contribution in [0.25, 0.3) is 11.4 Å². The number of halogens is 2. The molecule has 3 rings (SSSR count). The van der Waals surface area contributed by atoms with Gasteiger partial charge in [-0.3, -0.25) is 5.10 Å². The molecule has 8 heteroatoms. The smallest absolute Gasteiger partial charge is 0.245 e. The summed E-state index contributed by atoms with van der Waals surface area (Å²) in [5.41, 5.74) is 0.166. The number of H-pyrrole nitrogens is 1. The van der Waals surface area contributed by atoms with Crippen molar-refractivity contribution < 1.29 is 14.2 Å². The molecular weight excluding hydrogens is 287 g/mol. The first kappa shape index (κ1) is 13.1. The summed E-state index contributed by atoms with van der Waals surface area (Å²) in [6.07, 6.45) is 0. The zero-order chi connectivity index (χ0) is 14.1. The summed E-state index contributed by atoms with van der Waals surface area (Å²) in [6.45, 7) is 2.61. The van der Waals surface area contributed by atoms with E-state index < -0.39 is 5.82 Å². The van der Waals surface area contributed by atoms with E-state index in [4.69, 9.17) is 16.3 Å². The summed E-state index contributed by atoms with van der Waals surface area (Å²) >= 11 is 5.79. The third-order valence-electron chi connectivity index (χ3n) is 3.06. The normalized spacial score (nSPS) is 15.6. The zero-order valence-electron chi connectivity index (χ0n) is 10.4. The Morgan fingerprint density at radius 3 is 2.85 bits per heavy atom. The molecule has 1 fully saturated rings. The fraction of sp³-hybridized carbons (Fsp3) is 0.333. The number of aromatic amines is 1. The van der Waals surface area contributed by atoms with Gasteiger partial charge in [0.1, 0.15) is 11.6 Å². The molecule has 20 heavy (non-hydrogen) atoms. The van der Waals surface area contributed by atoms with Crippen molar-refractivity contribution in [2.75, 3.05) is 31.2 Å². The molecule has 1 saturated heterocycles. The number of aromatic nitrogens is 3. The van der Waals surface area contributed by atoms with Gasteiger partial charge in [-0.1, -0.05) is 11.6 Å². The lowest BCUT2D eigenvalue weighted by Crippen LogP contribution is -2.36. The summed E-state index contributed by atoms with van der Waals surface area (Å²) in [7, 11) is 0. The number of hydrogen-bond donors (Lipinski definition) is 2. The van der Waals surface area contributed by atoms with E-state index in [9.17, 15) is 9.50 Å². The van der Waals surface area contributed by atoms with Gasteiger partial charge in [-0.25, -0.2) is 4.39 Å². The second-order valence-corrected chi connectivity index (χ2v) is 4.77. The van der Waals surface area contributed by atoms with Crippen molar-refractivity contribution in [2.45, 2.75) is 0 Å². The second-order valence-electron chi connectivity index (χ2n) is 4.37. The van der Waals surface area contributed by atoms with Crippen LogP contribution in [0.1, 0.15) is 0 Å². The first-order chi connectivity index (χ1) is 9.65. The van der Waals surface area contributed by atoms with Crippen LogP contribution in [0, 0.1) is 5.82 Å². The van der Waals surface area contributed by atoms with Gasteiger partial charge in [-0.2, -0.15) is 4.98 Å². The molecule has 2 aromatic rings. The third kappa shape index (κ3) is 2.41. The van der Waals surface area contributed by atoms with Gasteiger partial charge in [-0.15, -0.1) is 5.10 Å². The topological polar surface area (TPSA) is 74.3 Å². The molecule has 106 valence electrons. The van der Waals surface area contributed by atoms with E-state index in [0.29, 0.717) is 32.3 Å². The van der Waals surface area contributed by atoms with Crippen molar-refractivity contribution >= 4 is 17.5 Å². The third-order valence-corrected chi connectivity index (χ3v) is 3.36. The minimum Gasteiger partial charge on any atom is -0.506 e. The fourth-order valence-electron chi connectivity index (χ4n) is 2.00. The molecule has 1 aromatic heterocycles. The highest BCUT2D eigenvalue weighted by Gasteiger charge is 2.18. The van der Waals surface area contributed by atoms with E-state index in [0.717, 1.165) is 6.07 Å². The Morgan fingerprint density at radius 1 is 1.35 bits per heavy atom. The van der Waals surface area contributed by atoms with Gasteiger partial charge in [0.15, 0.2) is 5.82 Å². The summed E-state index contributed by atoms with van der Waals surface area (Å²) < 4.78 is 19.1. The van der Waals surface area contributed by atoms with Crippen molar-refractivity contribution in [3.8, 4) is 17.1 Å². The SMILES string of the molecule is Oc1cc(F)c(-c2nc(N3CCOCC3)n[nH]2)cc1Cl. The number of hydrogen-bond acceptors (Lipinski definition) is 5. The van der Waals surface area contributed by atoms with E-state index in [1.165, 1.54) is 6.07 Å². The number of nitrogens with one attached hydrogen (secondary N) is 1. The Morgan fingerprint density at radius 2 is 2.10 bits per heavy atom. The summed E-state index contributed by atoms with van der Waals surface area (Å²) in [5.74, 6) is -0.157.